The van der Waals surface area contributed by atoms with Crippen LogP contribution < -0.4 is 15.8 Å². The Balaban J connectivity index is 1.78. The highest BCUT2D eigenvalue weighted by Gasteiger charge is 2.03. The fraction of sp³-hybridized carbons (Fsp3) is 0.235. The highest BCUT2D eigenvalue weighted by molar-refractivity contribution is 5.77. The Bertz CT molecular complexity index is 594. The first-order chi connectivity index (χ1) is 10.2. The lowest BCUT2D eigenvalue weighted by Gasteiger charge is -2.08. The second-order valence-electron chi connectivity index (χ2n) is 4.90. The molecule has 0 heterocycles. The summed E-state index contributed by atoms with van der Waals surface area (Å²) in [5.74, 6) is 0.511. The Morgan fingerprint density at radius 3 is 2.62 bits per heavy atom. The molecule has 0 aliphatic heterocycles. The molecule has 2 aromatic carbocycles. The monoisotopic (exact) mass is 284 g/mol. The lowest BCUT2D eigenvalue weighted by molar-refractivity contribution is -0.123. The zero-order valence-electron chi connectivity index (χ0n) is 12.1. The van der Waals surface area contributed by atoms with E-state index in [2.05, 4.69) is 5.32 Å². The predicted molar refractivity (Wildman–Crippen MR) is 82.9 cm³/mol. The summed E-state index contributed by atoms with van der Waals surface area (Å²) in [6, 6.07) is 15.5. The Morgan fingerprint density at radius 1 is 1.14 bits per heavy atom. The van der Waals surface area contributed by atoms with Crippen molar-refractivity contribution < 1.29 is 9.53 Å². The van der Waals surface area contributed by atoms with Gasteiger partial charge < -0.3 is 15.8 Å². The molecule has 1 amide bonds. The number of amides is 1. The first-order valence-electron chi connectivity index (χ1n) is 6.91. The molecule has 4 heteroatoms. The summed E-state index contributed by atoms with van der Waals surface area (Å²) in [5.41, 5.74) is 8.81. The van der Waals surface area contributed by atoms with E-state index in [1.54, 1.807) is 0 Å². The molecule has 0 aliphatic rings. The van der Waals surface area contributed by atoms with Crippen LogP contribution in [-0.4, -0.2) is 12.5 Å². The topological polar surface area (TPSA) is 64.3 Å². The molecule has 3 N–H and O–H groups in total. The number of aryl methyl sites for hydroxylation is 1. The number of carbonyl (C=O) groups excluding carboxylic acids is 1. The second kappa shape index (κ2) is 7.45. The molecule has 4 nitrogen and oxygen atoms in total. The van der Waals surface area contributed by atoms with Gasteiger partial charge in [0.15, 0.2) is 6.61 Å². The normalized spacial score (nSPS) is 10.2. The average Bonchev–Trinajstić information content (AvgIpc) is 2.52. The minimum absolute atomic E-state index is 0.000113. The van der Waals surface area contributed by atoms with Crippen LogP contribution in [-0.2, 0) is 17.9 Å². The molecule has 0 bridgehead atoms. The van der Waals surface area contributed by atoms with Crippen molar-refractivity contribution in [1.82, 2.24) is 5.32 Å². The molecule has 2 rings (SSSR count). The van der Waals surface area contributed by atoms with Crippen molar-refractivity contribution in [1.29, 1.82) is 0 Å². The molecule has 2 aromatic rings. The lowest BCUT2D eigenvalue weighted by Crippen LogP contribution is -2.28. The van der Waals surface area contributed by atoms with Crippen molar-refractivity contribution in [2.45, 2.75) is 20.0 Å². The molecule has 110 valence electrons. The number of nitrogens with one attached hydrogen (secondary N) is 1. The number of hydrogen-bond acceptors (Lipinski definition) is 3. The van der Waals surface area contributed by atoms with Gasteiger partial charge >= 0.3 is 0 Å². The summed E-state index contributed by atoms with van der Waals surface area (Å²) in [5, 5.41) is 2.83. The van der Waals surface area contributed by atoms with E-state index < -0.39 is 0 Å². The van der Waals surface area contributed by atoms with Gasteiger partial charge in [-0.05, 0) is 30.2 Å². The maximum absolute atomic E-state index is 11.8. The maximum Gasteiger partial charge on any atom is 0.258 e. The first-order valence-corrected chi connectivity index (χ1v) is 6.91. The first kappa shape index (κ1) is 15.1. The van der Waals surface area contributed by atoms with Gasteiger partial charge in [0.2, 0.25) is 0 Å². The van der Waals surface area contributed by atoms with Crippen molar-refractivity contribution in [3.63, 3.8) is 0 Å². The van der Waals surface area contributed by atoms with Crippen LogP contribution in [0.1, 0.15) is 16.7 Å². The molecule has 0 saturated carbocycles. The number of ether oxygens (including phenoxy) is 1. The third-order valence-electron chi connectivity index (χ3n) is 3.11. The van der Waals surface area contributed by atoms with E-state index >= 15 is 0 Å². The number of hydrogen-bond donors (Lipinski definition) is 2. The van der Waals surface area contributed by atoms with Crippen molar-refractivity contribution >= 4 is 5.91 Å². The van der Waals surface area contributed by atoms with E-state index in [0.29, 0.717) is 18.8 Å². The summed E-state index contributed by atoms with van der Waals surface area (Å²) in [7, 11) is 0. The Hall–Kier alpha value is -2.33. The summed E-state index contributed by atoms with van der Waals surface area (Å²) in [6.07, 6.45) is 0. The summed E-state index contributed by atoms with van der Waals surface area (Å²) in [4.78, 5) is 11.8. The Labute approximate surface area is 124 Å². The fourth-order valence-electron chi connectivity index (χ4n) is 1.87. The number of benzene rings is 2. The molecule has 21 heavy (non-hydrogen) atoms. The average molecular weight is 284 g/mol. The minimum atomic E-state index is -0.145. The predicted octanol–water partition coefficient (Wildman–Crippen LogP) is 2.15. The van der Waals surface area contributed by atoms with Crippen molar-refractivity contribution in [2.75, 3.05) is 6.61 Å². The Morgan fingerprint density at radius 2 is 1.90 bits per heavy atom. The van der Waals surface area contributed by atoms with Crippen LogP contribution in [0.3, 0.4) is 0 Å². The van der Waals surface area contributed by atoms with Crippen LogP contribution >= 0.6 is 0 Å². The van der Waals surface area contributed by atoms with Crippen LogP contribution in [0.4, 0.5) is 0 Å². The lowest BCUT2D eigenvalue weighted by atomic mass is 10.1. The molecule has 0 unspecified atom stereocenters. The quantitative estimate of drug-likeness (QED) is 0.854. The van der Waals surface area contributed by atoms with E-state index in [1.807, 2.05) is 55.5 Å². The molecule has 0 radical (unpaired) electrons. The van der Waals surface area contributed by atoms with Crippen LogP contribution in [0, 0.1) is 6.92 Å². The van der Waals surface area contributed by atoms with Crippen LogP contribution in [0.2, 0.25) is 0 Å². The van der Waals surface area contributed by atoms with Gasteiger partial charge in [0.1, 0.15) is 5.75 Å². The van der Waals surface area contributed by atoms with E-state index in [1.165, 1.54) is 5.56 Å². The maximum atomic E-state index is 11.8. The van der Waals surface area contributed by atoms with Crippen LogP contribution in [0.5, 0.6) is 5.75 Å². The van der Waals surface area contributed by atoms with Gasteiger partial charge in [-0.15, -0.1) is 0 Å². The molecule has 0 aromatic heterocycles. The number of rotatable bonds is 6. The third-order valence-corrected chi connectivity index (χ3v) is 3.11. The van der Waals surface area contributed by atoms with Crippen LogP contribution in [0.25, 0.3) is 0 Å². The molecular weight excluding hydrogens is 264 g/mol. The second-order valence-corrected chi connectivity index (χ2v) is 4.90. The van der Waals surface area contributed by atoms with Gasteiger partial charge in [-0.3, -0.25) is 4.79 Å². The molecule has 0 spiro atoms. The van der Waals surface area contributed by atoms with Crippen LogP contribution in [0.15, 0.2) is 48.5 Å². The van der Waals surface area contributed by atoms with Gasteiger partial charge in [0, 0.05) is 13.1 Å². The molecule has 0 fully saturated rings. The molecule has 0 saturated heterocycles. The van der Waals surface area contributed by atoms with E-state index in [9.17, 15) is 4.79 Å². The van der Waals surface area contributed by atoms with E-state index in [0.717, 1.165) is 11.1 Å². The van der Waals surface area contributed by atoms with Crippen molar-refractivity contribution in [3.8, 4) is 5.75 Å². The Kier molecular flexibility index (Phi) is 5.35. The SMILES string of the molecule is Cc1ccc(CNC(=O)COc2cccc(CN)c2)cc1. The highest BCUT2D eigenvalue weighted by atomic mass is 16.5. The third kappa shape index (κ3) is 4.93. The summed E-state index contributed by atoms with van der Waals surface area (Å²) >= 11 is 0. The smallest absolute Gasteiger partial charge is 0.258 e. The van der Waals surface area contributed by atoms with E-state index in [-0.39, 0.29) is 12.5 Å². The molecular formula is C17H20N2O2. The van der Waals surface area contributed by atoms with Gasteiger partial charge in [-0.25, -0.2) is 0 Å². The standard InChI is InChI=1S/C17H20N2O2/c1-13-5-7-14(8-6-13)11-19-17(20)12-21-16-4-2-3-15(9-16)10-18/h2-9H,10-12,18H2,1H3,(H,19,20). The highest BCUT2D eigenvalue weighted by Crippen LogP contribution is 2.12. The van der Waals surface area contributed by atoms with Gasteiger partial charge in [-0.2, -0.15) is 0 Å². The molecule has 0 aliphatic carbocycles. The molecule has 0 atom stereocenters. The zero-order valence-corrected chi connectivity index (χ0v) is 12.1. The van der Waals surface area contributed by atoms with Gasteiger partial charge in [0.05, 0.1) is 0 Å². The van der Waals surface area contributed by atoms with Crippen molar-refractivity contribution in [2.24, 2.45) is 5.73 Å². The summed E-state index contributed by atoms with van der Waals surface area (Å²) in [6.45, 7) is 2.99. The largest absolute Gasteiger partial charge is 0.484 e. The fourth-order valence-corrected chi connectivity index (χ4v) is 1.87. The van der Waals surface area contributed by atoms with Gasteiger partial charge in [-0.1, -0.05) is 42.0 Å². The number of nitrogens with two attached hydrogens (primary N) is 1. The minimum Gasteiger partial charge on any atom is -0.484 e. The zero-order chi connectivity index (χ0) is 15.1. The van der Waals surface area contributed by atoms with Crippen molar-refractivity contribution in [3.05, 3.63) is 65.2 Å². The van der Waals surface area contributed by atoms with Gasteiger partial charge in [0.25, 0.3) is 5.91 Å². The summed E-state index contributed by atoms with van der Waals surface area (Å²) < 4.78 is 5.45. The number of carbonyl (C=O) groups is 1. The van der Waals surface area contributed by atoms with E-state index in [4.69, 9.17) is 10.5 Å².